The van der Waals surface area contributed by atoms with Gasteiger partial charge >= 0.3 is 0 Å². The van der Waals surface area contributed by atoms with Crippen LogP contribution in [0, 0.1) is 0 Å². The van der Waals surface area contributed by atoms with Gasteiger partial charge in [-0.25, -0.2) is 0 Å². The molecule has 1 aromatic rings. The third-order valence-electron chi connectivity index (χ3n) is 1.07. The van der Waals surface area contributed by atoms with Crippen LogP contribution in [0.4, 0.5) is 0 Å². The molecule has 0 aliphatic carbocycles. The molecule has 0 saturated carbocycles. The molecule has 1 aromatic carbocycles. The van der Waals surface area contributed by atoms with Crippen LogP contribution in [0.5, 0.6) is 5.75 Å². The summed E-state index contributed by atoms with van der Waals surface area (Å²) in [5, 5.41) is 9.33. The van der Waals surface area contributed by atoms with Crippen LogP contribution in [-0.2, 0) is 4.79 Å². The molecule has 0 heterocycles. The molecule has 1 N–H and O–H groups in total. The van der Waals surface area contributed by atoms with Gasteiger partial charge in [0.15, 0.2) is 0 Å². The maximum absolute atomic E-state index is 10.0. The van der Waals surface area contributed by atoms with Gasteiger partial charge in [0.05, 0.1) is 5.56 Å². The summed E-state index contributed by atoms with van der Waals surface area (Å²) < 4.78 is 0. The van der Waals surface area contributed by atoms with E-state index in [0.717, 1.165) is 0 Å². The van der Waals surface area contributed by atoms with Crippen LogP contribution < -0.4 is 0 Å². The van der Waals surface area contributed by atoms with Gasteiger partial charge in [0, 0.05) is 5.02 Å². The number of rotatable bonds is 1. The van der Waals surface area contributed by atoms with Crippen molar-refractivity contribution in [2.75, 3.05) is 0 Å². The first kappa shape index (κ1) is 7.09. The number of halogens is 1. The number of hydrogen-bond acceptors (Lipinski definition) is 2. The highest BCUT2D eigenvalue weighted by atomic mass is 35.5. The minimum Gasteiger partial charge on any atom is -0.507 e. The molecule has 0 unspecified atom stereocenters. The van der Waals surface area contributed by atoms with Crippen molar-refractivity contribution in [2.45, 2.75) is 0 Å². The topological polar surface area (TPSA) is 37.3 Å². The van der Waals surface area contributed by atoms with E-state index < -0.39 is 0 Å². The summed E-state index contributed by atoms with van der Waals surface area (Å²) in [5.41, 5.74) is 0.0903. The Labute approximate surface area is 63.1 Å². The van der Waals surface area contributed by atoms with Gasteiger partial charge in [-0.2, -0.15) is 0 Å². The van der Waals surface area contributed by atoms with Crippen LogP contribution in [0.15, 0.2) is 18.2 Å². The van der Waals surface area contributed by atoms with Crippen molar-refractivity contribution >= 4 is 17.9 Å². The van der Waals surface area contributed by atoms with E-state index in [1.165, 1.54) is 18.2 Å². The van der Waals surface area contributed by atoms with E-state index in [1.807, 2.05) is 0 Å². The highest BCUT2D eigenvalue weighted by Gasteiger charge is 1.99. The number of carbonyl (C=O) groups excluding carboxylic acids is 1. The van der Waals surface area contributed by atoms with Crippen LogP contribution >= 0.6 is 11.6 Å². The van der Waals surface area contributed by atoms with Gasteiger partial charge in [0.1, 0.15) is 5.75 Å². The maximum atomic E-state index is 10.0. The fourth-order valence-corrected chi connectivity index (χ4v) is 0.762. The van der Waals surface area contributed by atoms with Gasteiger partial charge in [0.2, 0.25) is 6.29 Å². The molecule has 10 heavy (non-hydrogen) atoms. The first-order valence-corrected chi connectivity index (χ1v) is 2.98. The van der Waals surface area contributed by atoms with Crippen LogP contribution in [0.2, 0.25) is 5.02 Å². The third kappa shape index (κ3) is 1.28. The summed E-state index contributed by atoms with van der Waals surface area (Å²) >= 11 is 5.51. The average molecular weight is 156 g/mol. The number of benzene rings is 1. The zero-order valence-electron chi connectivity index (χ0n) is 4.97. The Bertz CT molecular complexity index is 258. The second kappa shape index (κ2) is 2.71. The first-order chi connectivity index (χ1) is 4.74. The molecule has 0 aliphatic rings. The van der Waals surface area contributed by atoms with Crippen molar-refractivity contribution in [1.82, 2.24) is 0 Å². The molecule has 0 aromatic heterocycles. The normalized spacial score (nSPS) is 9.30. The minimum absolute atomic E-state index is 0.0903. The minimum atomic E-state index is -0.0978. The lowest BCUT2D eigenvalue weighted by Crippen LogP contribution is -1.79. The Hall–Kier alpha value is -1.02. The Morgan fingerprint density at radius 1 is 1.50 bits per heavy atom. The van der Waals surface area contributed by atoms with E-state index in [1.54, 1.807) is 6.29 Å². The Balaban J connectivity index is 3.21. The Kier molecular flexibility index (Phi) is 1.92. The van der Waals surface area contributed by atoms with Gasteiger partial charge < -0.3 is 5.11 Å². The number of phenols is 1. The van der Waals surface area contributed by atoms with E-state index in [2.05, 4.69) is 0 Å². The number of aromatic hydroxyl groups is 1. The molecule has 0 aliphatic heterocycles. The molecule has 3 heteroatoms. The van der Waals surface area contributed by atoms with Crippen molar-refractivity contribution in [2.24, 2.45) is 0 Å². The lowest BCUT2D eigenvalue weighted by Gasteiger charge is -1.94. The van der Waals surface area contributed by atoms with Gasteiger partial charge in [-0.3, -0.25) is 4.79 Å². The summed E-state index contributed by atoms with van der Waals surface area (Å²) in [7, 11) is 0. The number of phenolic OH excluding ortho intramolecular Hbond substituents is 1. The van der Waals surface area contributed by atoms with Crippen LogP contribution in [0.25, 0.3) is 0 Å². The maximum Gasteiger partial charge on any atom is 0.237 e. The molecule has 1 rings (SSSR count). The number of hydrogen-bond donors (Lipinski definition) is 1. The third-order valence-corrected chi connectivity index (χ3v) is 1.30. The molecule has 0 atom stereocenters. The summed E-state index contributed by atoms with van der Waals surface area (Å²) in [6.07, 6.45) is 1.55. The molecule has 0 saturated heterocycles. The van der Waals surface area contributed by atoms with Gasteiger partial charge in [0.25, 0.3) is 0 Å². The van der Waals surface area contributed by atoms with Gasteiger partial charge in [-0.15, -0.1) is 0 Å². The first-order valence-electron chi connectivity index (χ1n) is 2.60. The molecule has 2 nitrogen and oxygen atoms in total. The Morgan fingerprint density at radius 3 is 2.70 bits per heavy atom. The second-order valence-electron chi connectivity index (χ2n) is 1.76. The predicted octanol–water partition coefficient (Wildman–Crippen LogP) is 1.50. The fourth-order valence-electron chi connectivity index (χ4n) is 0.590. The predicted molar refractivity (Wildman–Crippen MR) is 37.9 cm³/mol. The summed E-state index contributed by atoms with van der Waals surface area (Å²) in [6.45, 7) is 0. The van der Waals surface area contributed by atoms with Crippen LogP contribution in [-0.4, -0.2) is 11.4 Å². The van der Waals surface area contributed by atoms with Crippen molar-refractivity contribution in [3.63, 3.8) is 0 Å². The van der Waals surface area contributed by atoms with E-state index in [4.69, 9.17) is 16.7 Å². The van der Waals surface area contributed by atoms with Crippen molar-refractivity contribution in [1.29, 1.82) is 0 Å². The largest absolute Gasteiger partial charge is 0.507 e. The average Bonchev–Trinajstić information content (AvgIpc) is 1.94. The fraction of sp³-hybridized carbons (Fsp3) is 0. The SMILES string of the molecule is O=[C]c1cc(Cl)ccc1O. The van der Waals surface area contributed by atoms with Crippen molar-refractivity contribution in [3.05, 3.63) is 28.8 Å². The molecule has 51 valence electrons. The van der Waals surface area contributed by atoms with Gasteiger partial charge in [-0.05, 0) is 18.2 Å². The molecule has 0 amide bonds. The summed E-state index contributed by atoms with van der Waals surface area (Å²) in [4.78, 5) is 10.0. The van der Waals surface area contributed by atoms with E-state index in [0.29, 0.717) is 5.02 Å². The molecule has 0 spiro atoms. The van der Waals surface area contributed by atoms with Crippen molar-refractivity contribution < 1.29 is 9.90 Å². The highest BCUT2D eigenvalue weighted by Crippen LogP contribution is 2.18. The summed E-state index contributed by atoms with van der Waals surface area (Å²) in [6, 6.07) is 4.20. The zero-order chi connectivity index (χ0) is 7.56. The molecular formula is C7H4ClO2. The Morgan fingerprint density at radius 2 is 2.20 bits per heavy atom. The van der Waals surface area contributed by atoms with E-state index in [9.17, 15) is 4.79 Å². The quantitative estimate of drug-likeness (QED) is 0.668. The standard InChI is InChI=1S/C7H4ClO2/c8-6-1-2-7(10)5(3-6)4-9/h1-3,10H. The molecular weight excluding hydrogens is 152 g/mol. The smallest absolute Gasteiger partial charge is 0.237 e. The van der Waals surface area contributed by atoms with Crippen molar-refractivity contribution in [3.8, 4) is 5.75 Å². The molecule has 1 radical (unpaired) electrons. The summed E-state index contributed by atoms with van der Waals surface area (Å²) in [5.74, 6) is -0.0978. The van der Waals surface area contributed by atoms with E-state index in [-0.39, 0.29) is 11.3 Å². The molecule has 0 fully saturated rings. The van der Waals surface area contributed by atoms with Gasteiger partial charge in [-0.1, -0.05) is 11.6 Å². The zero-order valence-corrected chi connectivity index (χ0v) is 5.72. The lowest BCUT2D eigenvalue weighted by molar-refractivity contribution is 0.472. The second-order valence-corrected chi connectivity index (χ2v) is 2.20. The highest BCUT2D eigenvalue weighted by molar-refractivity contribution is 6.30. The lowest BCUT2D eigenvalue weighted by atomic mass is 10.2. The monoisotopic (exact) mass is 155 g/mol. The molecule has 0 bridgehead atoms. The van der Waals surface area contributed by atoms with E-state index >= 15 is 0 Å². The van der Waals surface area contributed by atoms with Crippen LogP contribution in [0.3, 0.4) is 0 Å². The van der Waals surface area contributed by atoms with Crippen LogP contribution in [0.1, 0.15) is 5.56 Å².